The van der Waals surface area contributed by atoms with Gasteiger partial charge in [0, 0.05) is 28.9 Å². The summed E-state index contributed by atoms with van der Waals surface area (Å²) in [5.41, 5.74) is 4.71. The Kier molecular flexibility index (Phi) is 5.66. The van der Waals surface area contributed by atoms with Crippen molar-refractivity contribution in [3.05, 3.63) is 55.1 Å². The Hall–Kier alpha value is -3.41. The summed E-state index contributed by atoms with van der Waals surface area (Å²) in [5, 5.41) is 8.52. The Bertz CT molecular complexity index is 1040. The minimum atomic E-state index is 0.696. The topological polar surface area (TPSA) is 72.9 Å². The number of hydrogen-bond donors (Lipinski definition) is 1. The molecule has 0 bridgehead atoms. The van der Waals surface area contributed by atoms with E-state index in [1.807, 2.05) is 44.3 Å². The number of nitrogens with zero attached hydrogens (tertiary/aromatic N) is 3. The van der Waals surface area contributed by atoms with Gasteiger partial charge in [-0.15, -0.1) is 0 Å². The molecular weight excluding hydrogens is 340 g/mol. The van der Waals surface area contributed by atoms with Gasteiger partial charge in [-0.1, -0.05) is 19.9 Å². The molecule has 0 aliphatic carbocycles. The highest BCUT2D eigenvalue weighted by molar-refractivity contribution is 5.95. The lowest BCUT2D eigenvalue weighted by Gasteiger charge is -2.05. The summed E-state index contributed by atoms with van der Waals surface area (Å²) in [4.78, 5) is 8.44. The van der Waals surface area contributed by atoms with Crippen molar-refractivity contribution < 1.29 is 9.47 Å². The summed E-state index contributed by atoms with van der Waals surface area (Å²) < 4.78 is 10.5. The summed E-state index contributed by atoms with van der Waals surface area (Å²) in [5.74, 6) is 1.42. The molecule has 3 aromatic heterocycles. The van der Waals surface area contributed by atoms with Crippen molar-refractivity contribution in [1.29, 1.82) is 0 Å². The van der Waals surface area contributed by atoms with E-state index >= 15 is 0 Å². The number of pyridine rings is 2. The second kappa shape index (κ2) is 8.31. The summed E-state index contributed by atoms with van der Waals surface area (Å²) in [6.07, 6.45) is 6.95. The molecule has 138 valence electrons. The number of benzene rings is 1. The molecule has 1 aromatic carbocycles. The highest BCUT2D eigenvalue weighted by Gasteiger charge is 2.11. The highest BCUT2D eigenvalue weighted by atomic mass is 16.5. The largest absolute Gasteiger partial charge is 0.495 e. The number of fused-ring (bicyclic) bond motifs is 1. The molecule has 1 N–H and O–H groups in total. The third-order valence-electron chi connectivity index (χ3n) is 4.07. The summed E-state index contributed by atoms with van der Waals surface area (Å²) in [7, 11) is 3.26. The first-order chi connectivity index (χ1) is 13.3. The SMILES string of the molecule is CC.COc1cncc(-c2ccc3[nH]nc(-c4cncc(OC)c4)c3c2)c1. The van der Waals surface area contributed by atoms with Gasteiger partial charge in [-0.2, -0.15) is 5.10 Å². The van der Waals surface area contributed by atoms with E-state index in [0.29, 0.717) is 5.75 Å². The molecule has 4 aromatic rings. The van der Waals surface area contributed by atoms with Crippen molar-refractivity contribution in [1.82, 2.24) is 20.2 Å². The predicted octanol–water partition coefficient (Wildman–Crippen LogP) is 4.73. The van der Waals surface area contributed by atoms with Crippen LogP contribution in [-0.4, -0.2) is 34.4 Å². The van der Waals surface area contributed by atoms with Crippen LogP contribution in [0.15, 0.2) is 55.1 Å². The Morgan fingerprint density at radius 3 is 2.04 bits per heavy atom. The second-order valence-electron chi connectivity index (χ2n) is 5.56. The summed E-state index contributed by atoms with van der Waals surface area (Å²) in [6, 6.07) is 10.0. The molecule has 0 amide bonds. The molecule has 0 aliphatic rings. The standard InChI is InChI=1S/C19H16N4O2.C2H6/c1-24-15-5-13(8-20-10-15)12-3-4-18-17(7-12)19(23-22-18)14-6-16(25-2)11-21-9-14;1-2/h3-11H,1-2H3,(H,22,23);1-2H3. The lowest BCUT2D eigenvalue weighted by molar-refractivity contribution is 0.413. The van der Waals surface area contributed by atoms with Gasteiger partial charge in [0.05, 0.1) is 32.1 Å². The van der Waals surface area contributed by atoms with Crippen LogP contribution < -0.4 is 9.47 Å². The van der Waals surface area contributed by atoms with Gasteiger partial charge in [0.2, 0.25) is 0 Å². The average Bonchev–Trinajstić information content (AvgIpc) is 3.18. The van der Waals surface area contributed by atoms with E-state index in [0.717, 1.165) is 39.0 Å². The van der Waals surface area contributed by atoms with Crippen molar-refractivity contribution in [2.75, 3.05) is 14.2 Å². The molecule has 4 rings (SSSR count). The van der Waals surface area contributed by atoms with Gasteiger partial charge >= 0.3 is 0 Å². The molecule has 0 aliphatic heterocycles. The number of methoxy groups -OCH3 is 2. The average molecular weight is 362 g/mol. The number of rotatable bonds is 4. The first kappa shape index (κ1) is 18.4. The van der Waals surface area contributed by atoms with Gasteiger partial charge in [0.25, 0.3) is 0 Å². The van der Waals surface area contributed by atoms with E-state index in [1.54, 1.807) is 32.8 Å². The number of nitrogens with one attached hydrogen (secondary N) is 1. The second-order valence-corrected chi connectivity index (χ2v) is 5.56. The zero-order valence-corrected chi connectivity index (χ0v) is 15.9. The first-order valence-electron chi connectivity index (χ1n) is 8.75. The minimum Gasteiger partial charge on any atom is -0.495 e. The van der Waals surface area contributed by atoms with Crippen molar-refractivity contribution in [2.45, 2.75) is 13.8 Å². The fourth-order valence-electron chi connectivity index (χ4n) is 2.76. The first-order valence-corrected chi connectivity index (χ1v) is 8.75. The maximum absolute atomic E-state index is 5.26. The normalized spacial score (nSPS) is 10.2. The van der Waals surface area contributed by atoms with Crippen LogP contribution in [0.5, 0.6) is 11.5 Å². The van der Waals surface area contributed by atoms with Crippen LogP contribution in [0.1, 0.15) is 13.8 Å². The number of hydrogen-bond acceptors (Lipinski definition) is 5. The Morgan fingerprint density at radius 1 is 0.741 bits per heavy atom. The van der Waals surface area contributed by atoms with Crippen LogP contribution in [0.3, 0.4) is 0 Å². The maximum atomic E-state index is 5.26. The van der Waals surface area contributed by atoms with Gasteiger partial charge in [-0.25, -0.2) is 0 Å². The predicted molar refractivity (Wildman–Crippen MR) is 107 cm³/mol. The highest BCUT2D eigenvalue weighted by Crippen LogP contribution is 2.32. The molecule has 0 saturated heterocycles. The number of H-pyrrole nitrogens is 1. The molecular formula is C21H22N4O2. The Balaban J connectivity index is 0.00000102. The lowest BCUT2D eigenvalue weighted by Crippen LogP contribution is -1.87. The molecule has 0 unspecified atom stereocenters. The van der Waals surface area contributed by atoms with Crippen molar-refractivity contribution in [3.63, 3.8) is 0 Å². The molecule has 6 nitrogen and oxygen atoms in total. The molecule has 3 heterocycles. The smallest absolute Gasteiger partial charge is 0.137 e. The van der Waals surface area contributed by atoms with Crippen molar-refractivity contribution in [2.24, 2.45) is 0 Å². The Morgan fingerprint density at radius 2 is 1.37 bits per heavy atom. The Labute approximate surface area is 158 Å². The molecule has 0 atom stereocenters. The summed E-state index contributed by atoms with van der Waals surface area (Å²) >= 11 is 0. The van der Waals surface area contributed by atoms with Crippen LogP contribution >= 0.6 is 0 Å². The van der Waals surface area contributed by atoms with Crippen LogP contribution in [0.4, 0.5) is 0 Å². The van der Waals surface area contributed by atoms with Crippen LogP contribution in [0.25, 0.3) is 33.3 Å². The fraction of sp³-hybridized carbons (Fsp3) is 0.190. The van der Waals surface area contributed by atoms with Crippen LogP contribution in [0.2, 0.25) is 0 Å². The quantitative estimate of drug-likeness (QED) is 0.568. The van der Waals surface area contributed by atoms with Gasteiger partial charge in [0.1, 0.15) is 17.2 Å². The number of ether oxygens (including phenoxy) is 2. The molecule has 0 fully saturated rings. The summed E-state index contributed by atoms with van der Waals surface area (Å²) in [6.45, 7) is 4.00. The number of aromatic amines is 1. The minimum absolute atomic E-state index is 0.696. The van der Waals surface area contributed by atoms with Gasteiger partial charge < -0.3 is 9.47 Å². The van der Waals surface area contributed by atoms with E-state index in [2.05, 4.69) is 26.2 Å². The van der Waals surface area contributed by atoms with Crippen molar-refractivity contribution in [3.8, 4) is 33.9 Å². The van der Waals surface area contributed by atoms with Crippen LogP contribution in [0, 0.1) is 0 Å². The van der Waals surface area contributed by atoms with Gasteiger partial charge in [0.15, 0.2) is 0 Å². The molecule has 0 spiro atoms. The molecule has 0 radical (unpaired) electrons. The van der Waals surface area contributed by atoms with E-state index in [-0.39, 0.29) is 0 Å². The molecule has 27 heavy (non-hydrogen) atoms. The zero-order chi connectivity index (χ0) is 19.2. The van der Waals surface area contributed by atoms with Crippen LogP contribution in [-0.2, 0) is 0 Å². The van der Waals surface area contributed by atoms with Crippen molar-refractivity contribution >= 4 is 10.9 Å². The van der Waals surface area contributed by atoms with E-state index in [4.69, 9.17) is 9.47 Å². The third-order valence-corrected chi connectivity index (χ3v) is 4.07. The van der Waals surface area contributed by atoms with Gasteiger partial charge in [-0.3, -0.25) is 15.1 Å². The van der Waals surface area contributed by atoms with E-state index in [9.17, 15) is 0 Å². The molecule has 6 heteroatoms. The maximum Gasteiger partial charge on any atom is 0.137 e. The third kappa shape index (κ3) is 3.74. The fourth-order valence-corrected chi connectivity index (χ4v) is 2.76. The lowest BCUT2D eigenvalue weighted by atomic mass is 10.0. The monoisotopic (exact) mass is 362 g/mol. The molecule has 0 saturated carbocycles. The van der Waals surface area contributed by atoms with Gasteiger partial charge in [-0.05, 0) is 29.8 Å². The van der Waals surface area contributed by atoms with E-state index in [1.165, 1.54) is 0 Å². The zero-order valence-electron chi connectivity index (χ0n) is 15.9. The van der Waals surface area contributed by atoms with E-state index < -0.39 is 0 Å². The number of aromatic nitrogens is 4.